The van der Waals surface area contributed by atoms with Gasteiger partial charge in [0.2, 0.25) is 5.91 Å². The van der Waals surface area contributed by atoms with E-state index in [1.54, 1.807) is 6.92 Å². The van der Waals surface area contributed by atoms with Crippen molar-refractivity contribution >= 4 is 16.0 Å². The summed E-state index contributed by atoms with van der Waals surface area (Å²) in [7, 11) is -4.12. The van der Waals surface area contributed by atoms with Crippen LogP contribution in [-0.2, 0) is 14.9 Å². The van der Waals surface area contributed by atoms with Crippen molar-refractivity contribution in [3.8, 4) is 0 Å². The number of rotatable bonds is 7. The molecule has 4 aliphatic rings. The van der Waals surface area contributed by atoms with Gasteiger partial charge < -0.3 is 15.5 Å². The molecule has 4 N–H and O–H groups in total. The Morgan fingerprint density at radius 2 is 1.74 bits per heavy atom. The maximum absolute atomic E-state index is 12.4. The highest BCUT2D eigenvalue weighted by atomic mass is 32.2. The summed E-state index contributed by atoms with van der Waals surface area (Å²) in [6.07, 6.45) is 8.89. The van der Waals surface area contributed by atoms with Crippen LogP contribution in [0, 0.1) is 46.3 Å². The first-order chi connectivity index (χ1) is 16.3. The predicted molar refractivity (Wildman–Crippen MR) is 135 cm³/mol. The summed E-state index contributed by atoms with van der Waals surface area (Å²) in [4.78, 5) is 12.4. The van der Waals surface area contributed by atoms with E-state index in [9.17, 15) is 23.4 Å². The van der Waals surface area contributed by atoms with Crippen molar-refractivity contribution in [1.29, 1.82) is 0 Å². The van der Waals surface area contributed by atoms with Gasteiger partial charge in [0.25, 0.3) is 10.1 Å². The van der Waals surface area contributed by atoms with Crippen LogP contribution >= 0.6 is 0 Å². The van der Waals surface area contributed by atoms with E-state index in [1.165, 1.54) is 12.8 Å². The minimum atomic E-state index is -4.12. The number of nitrogens with one attached hydrogen (secondary N) is 1. The highest BCUT2D eigenvalue weighted by Gasteiger charge is 2.63. The molecule has 8 heteroatoms. The minimum absolute atomic E-state index is 0.132. The zero-order valence-electron chi connectivity index (χ0n) is 21.9. The molecule has 4 aliphatic carbocycles. The van der Waals surface area contributed by atoms with E-state index >= 15 is 0 Å². The molecule has 4 rings (SSSR count). The lowest BCUT2D eigenvalue weighted by atomic mass is 9.43. The molecule has 0 aromatic carbocycles. The van der Waals surface area contributed by atoms with Crippen molar-refractivity contribution in [2.75, 3.05) is 5.75 Å². The van der Waals surface area contributed by atoms with Crippen LogP contribution in [0.3, 0.4) is 0 Å². The molecule has 35 heavy (non-hydrogen) atoms. The van der Waals surface area contributed by atoms with Gasteiger partial charge in [-0.1, -0.05) is 20.8 Å². The molecule has 4 saturated carbocycles. The molecule has 7 nitrogen and oxygen atoms in total. The van der Waals surface area contributed by atoms with E-state index in [0.29, 0.717) is 42.4 Å². The van der Waals surface area contributed by atoms with Crippen LogP contribution in [0.25, 0.3) is 0 Å². The Morgan fingerprint density at radius 3 is 2.43 bits per heavy atom. The second kappa shape index (κ2) is 9.88. The first-order valence-electron chi connectivity index (χ1n) is 13.9. The molecule has 202 valence electrons. The second-order valence-electron chi connectivity index (χ2n) is 13.1. The first-order valence-corrected chi connectivity index (χ1v) is 15.5. The average Bonchev–Trinajstić information content (AvgIpc) is 3.11. The fourth-order valence-electron chi connectivity index (χ4n) is 9.42. The molecule has 0 aliphatic heterocycles. The molecule has 0 aromatic heterocycles. The van der Waals surface area contributed by atoms with E-state index in [2.05, 4.69) is 26.1 Å². The molecule has 1 amide bonds. The monoisotopic (exact) mass is 513 g/mol. The summed E-state index contributed by atoms with van der Waals surface area (Å²) in [5, 5.41) is 24.6. The summed E-state index contributed by atoms with van der Waals surface area (Å²) in [6, 6.07) is -0.629. The van der Waals surface area contributed by atoms with Crippen molar-refractivity contribution in [2.45, 2.75) is 110 Å². The van der Waals surface area contributed by atoms with E-state index in [4.69, 9.17) is 4.55 Å². The summed E-state index contributed by atoms with van der Waals surface area (Å²) in [5.41, 5.74) is 0.0949. The molecule has 0 unspecified atom stereocenters. The van der Waals surface area contributed by atoms with Crippen molar-refractivity contribution in [3.05, 3.63) is 0 Å². The molecule has 0 aromatic rings. The fourth-order valence-corrected chi connectivity index (χ4v) is 10.1. The lowest BCUT2D eigenvalue weighted by Crippen LogP contribution is -2.58. The topological polar surface area (TPSA) is 124 Å². The lowest BCUT2D eigenvalue weighted by molar-refractivity contribution is -0.174. The summed E-state index contributed by atoms with van der Waals surface area (Å²) in [5.74, 6) is 2.24. The van der Waals surface area contributed by atoms with Gasteiger partial charge in [0.15, 0.2) is 0 Å². The van der Waals surface area contributed by atoms with Crippen molar-refractivity contribution in [3.63, 3.8) is 0 Å². The maximum Gasteiger partial charge on any atom is 0.266 e. The number of fused-ring (bicyclic) bond motifs is 5. The van der Waals surface area contributed by atoms with E-state index < -0.39 is 21.9 Å². The zero-order chi connectivity index (χ0) is 25.8. The van der Waals surface area contributed by atoms with E-state index in [-0.39, 0.29) is 34.9 Å². The fraction of sp³-hybridized carbons (Fsp3) is 0.963. The number of aliphatic hydroxyl groups excluding tert-OH is 2. The molecule has 0 radical (unpaired) electrons. The van der Waals surface area contributed by atoms with Crippen LogP contribution in [0.15, 0.2) is 0 Å². The minimum Gasteiger partial charge on any atom is -0.393 e. The Bertz CT molecular complexity index is 894. The van der Waals surface area contributed by atoms with Gasteiger partial charge in [-0.05, 0) is 111 Å². The SMILES string of the molecule is C[C@H](CCC(=O)N[C@@H](C)CS(=O)(=O)O)[C@H]1CC[C@H]2[C@@H]3CC[C@@H]4C[C@H](O)CC[C@]4(C)[C@H]3C[C@H](O)[C@]12C. The Hall–Kier alpha value is -0.700. The van der Waals surface area contributed by atoms with Gasteiger partial charge in [-0.25, -0.2) is 0 Å². The Labute approximate surface area is 211 Å². The van der Waals surface area contributed by atoms with Gasteiger partial charge in [0.1, 0.15) is 0 Å². The zero-order valence-corrected chi connectivity index (χ0v) is 22.8. The predicted octanol–water partition coefficient (Wildman–Crippen LogP) is 3.79. The number of carbonyl (C=O) groups excluding carboxylic acids is 1. The Balaban J connectivity index is 1.40. The smallest absolute Gasteiger partial charge is 0.266 e. The van der Waals surface area contributed by atoms with Gasteiger partial charge in [-0.2, -0.15) is 8.42 Å². The average molecular weight is 514 g/mol. The molecule has 0 saturated heterocycles. The van der Waals surface area contributed by atoms with Crippen LogP contribution in [0.2, 0.25) is 0 Å². The normalized spacial score (nSPS) is 45.1. The molecule has 0 spiro atoms. The van der Waals surface area contributed by atoms with Gasteiger partial charge in [-0.3, -0.25) is 9.35 Å². The first kappa shape index (κ1) is 27.3. The Kier molecular flexibility index (Phi) is 7.72. The molecule has 0 heterocycles. The third kappa shape index (κ3) is 5.19. The van der Waals surface area contributed by atoms with Gasteiger partial charge >= 0.3 is 0 Å². The largest absolute Gasteiger partial charge is 0.393 e. The molecule has 4 fully saturated rings. The van der Waals surface area contributed by atoms with Crippen LogP contribution < -0.4 is 5.32 Å². The van der Waals surface area contributed by atoms with Crippen molar-refractivity contribution < 1.29 is 28.0 Å². The Morgan fingerprint density at radius 1 is 1.03 bits per heavy atom. The number of aliphatic hydroxyl groups is 2. The van der Waals surface area contributed by atoms with E-state index in [0.717, 1.165) is 38.5 Å². The number of amides is 1. The van der Waals surface area contributed by atoms with Crippen molar-refractivity contribution in [1.82, 2.24) is 5.32 Å². The molecule has 0 bridgehead atoms. The summed E-state index contributed by atoms with van der Waals surface area (Å²) < 4.78 is 31.1. The van der Waals surface area contributed by atoms with Crippen LogP contribution in [0.1, 0.15) is 91.9 Å². The maximum atomic E-state index is 12.4. The second-order valence-corrected chi connectivity index (χ2v) is 14.6. The molecular weight excluding hydrogens is 466 g/mol. The number of hydrogen-bond donors (Lipinski definition) is 4. The van der Waals surface area contributed by atoms with Crippen LogP contribution in [0.4, 0.5) is 0 Å². The highest BCUT2D eigenvalue weighted by Crippen LogP contribution is 2.68. The summed E-state index contributed by atoms with van der Waals surface area (Å²) in [6.45, 7) is 8.52. The van der Waals surface area contributed by atoms with Crippen LogP contribution in [-0.4, -0.2) is 53.1 Å². The third-order valence-corrected chi connectivity index (χ3v) is 12.1. The molecular formula is C27H47NO6S. The van der Waals surface area contributed by atoms with Crippen molar-refractivity contribution in [2.24, 2.45) is 46.3 Å². The van der Waals surface area contributed by atoms with Crippen LogP contribution in [0.5, 0.6) is 0 Å². The van der Waals surface area contributed by atoms with Gasteiger partial charge in [-0.15, -0.1) is 0 Å². The lowest BCUT2D eigenvalue weighted by Gasteiger charge is -2.62. The highest BCUT2D eigenvalue weighted by molar-refractivity contribution is 7.85. The third-order valence-electron chi connectivity index (χ3n) is 11.2. The summed E-state index contributed by atoms with van der Waals surface area (Å²) >= 11 is 0. The number of hydrogen-bond acceptors (Lipinski definition) is 5. The number of carbonyl (C=O) groups is 1. The van der Waals surface area contributed by atoms with Gasteiger partial charge in [0, 0.05) is 12.5 Å². The quantitative estimate of drug-likeness (QED) is 0.384. The van der Waals surface area contributed by atoms with Gasteiger partial charge in [0.05, 0.1) is 18.0 Å². The standard InChI is InChI=1S/C27H47NO6S/c1-16(5-10-25(31)28-17(2)15-35(32,33)34)21-8-9-22-20-7-6-18-13-19(29)11-12-26(18,3)23(20)14-24(30)27(21,22)4/h16-24,29-30H,5-15H2,1-4H3,(H,28,31)(H,32,33,34)/t16-,17+,18-,19-,20+,21-,22+,23+,24+,26+,27-/m1/s1. The van der Waals surface area contributed by atoms with E-state index in [1.807, 2.05) is 0 Å². The molecule has 11 atom stereocenters.